The van der Waals surface area contributed by atoms with E-state index in [1.807, 2.05) is 36.5 Å². The van der Waals surface area contributed by atoms with Crippen LogP contribution in [0.3, 0.4) is 0 Å². The van der Waals surface area contributed by atoms with Crippen molar-refractivity contribution in [2.24, 2.45) is 0 Å². The molecule has 0 unspecified atom stereocenters. The van der Waals surface area contributed by atoms with Gasteiger partial charge in [0.2, 0.25) is 0 Å². The second kappa shape index (κ2) is 11.6. The van der Waals surface area contributed by atoms with E-state index in [1.165, 1.54) is 36.1 Å². The van der Waals surface area contributed by atoms with Gasteiger partial charge in [-0.3, -0.25) is 9.78 Å². The zero-order valence-corrected chi connectivity index (χ0v) is 24.3. The van der Waals surface area contributed by atoms with Gasteiger partial charge in [-0.25, -0.2) is 0 Å². The average Bonchev–Trinajstić information content (AvgIpc) is 2.76. The second-order valence-corrected chi connectivity index (χ2v) is 14.5. The Hall–Kier alpha value is -3.10. The first-order chi connectivity index (χ1) is 16.0. The molecular weight excluding hydrogens is 629 g/mol. The van der Waals surface area contributed by atoms with Crippen molar-refractivity contribution in [2.45, 2.75) is 40.4 Å². The summed E-state index contributed by atoms with van der Waals surface area (Å²) in [6.07, 6.45) is 3.21. The molecule has 0 saturated carbocycles. The number of hydrogen-bond acceptors (Lipinski definition) is 4. The Morgan fingerprint density at radius 1 is 1.06 bits per heavy atom. The van der Waals surface area contributed by atoms with Crippen LogP contribution >= 0.6 is 0 Å². The van der Waals surface area contributed by atoms with E-state index in [4.69, 9.17) is 10.1 Å². The van der Waals surface area contributed by atoms with Crippen molar-refractivity contribution in [3.05, 3.63) is 83.8 Å². The topological polar surface area (TPSA) is 74.0 Å². The fraction of sp³-hybridized carbons (Fsp3) is 0.207. The van der Waals surface area contributed by atoms with Crippen LogP contribution in [0.15, 0.2) is 66.6 Å². The Kier molecular flexibility index (Phi) is 9.28. The van der Waals surface area contributed by atoms with Crippen molar-refractivity contribution in [3.63, 3.8) is 0 Å². The number of pyridine rings is 1. The third kappa shape index (κ3) is 6.73. The van der Waals surface area contributed by atoms with Crippen LogP contribution in [0.4, 0.5) is 0 Å². The smallest absolute Gasteiger partial charge is 0.155 e. The monoisotopic (exact) mass is 658 g/mol. The molecule has 3 aromatic carbocycles. The molecule has 1 radical (unpaired) electrons. The van der Waals surface area contributed by atoms with Gasteiger partial charge in [-0.05, 0) is 42.3 Å². The van der Waals surface area contributed by atoms with E-state index in [1.54, 1.807) is 0 Å². The van der Waals surface area contributed by atoms with Gasteiger partial charge in [0, 0.05) is 38.1 Å². The molecule has 0 spiro atoms. The molecule has 4 rings (SSSR count). The normalized spacial score (nSPS) is 11.3. The predicted octanol–water partition coefficient (Wildman–Crippen LogP) is 6.62. The van der Waals surface area contributed by atoms with E-state index >= 15 is 0 Å². The van der Waals surface area contributed by atoms with Crippen molar-refractivity contribution in [1.82, 2.24) is 4.98 Å². The summed E-state index contributed by atoms with van der Waals surface area (Å²) in [6.45, 7) is 12.0. The fourth-order valence-corrected chi connectivity index (χ4v) is 5.38. The Morgan fingerprint density at radius 3 is 2.31 bits per heavy atom. The number of allylic oxidation sites excluding steroid dienone is 2. The number of benzene rings is 3. The van der Waals surface area contributed by atoms with Crippen LogP contribution in [-0.4, -0.2) is 23.9 Å². The third-order valence-corrected chi connectivity index (χ3v) is 7.43. The second-order valence-electron chi connectivity index (χ2n) is 9.47. The SMILES string of the molecule is CC(=O)/C=C(/C)O.Cc1ccc2c(-c3[c-]c4ccccc4c(C#N)c3)ncc([Si](C)(C)C)c2c1.[Ir]. The first kappa shape index (κ1) is 28.1. The summed E-state index contributed by atoms with van der Waals surface area (Å²) in [5, 5.41) is 23.7. The summed E-state index contributed by atoms with van der Waals surface area (Å²) < 4.78 is 0. The quantitative estimate of drug-likeness (QED) is 0.116. The van der Waals surface area contributed by atoms with Gasteiger partial charge >= 0.3 is 0 Å². The van der Waals surface area contributed by atoms with E-state index in [0.717, 1.165) is 27.4 Å². The van der Waals surface area contributed by atoms with Crippen molar-refractivity contribution < 1.29 is 30.0 Å². The van der Waals surface area contributed by atoms with E-state index in [9.17, 15) is 10.1 Å². The van der Waals surface area contributed by atoms with Gasteiger partial charge < -0.3 is 5.11 Å². The molecule has 1 heterocycles. The summed E-state index contributed by atoms with van der Waals surface area (Å²) in [4.78, 5) is 14.9. The minimum Gasteiger partial charge on any atom is -0.512 e. The number of nitrogens with zero attached hydrogens (tertiary/aromatic N) is 2. The summed E-state index contributed by atoms with van der Waals surface area (Å²) in [5.74, 6) is -0.0625. The van der Waals surface area contributed by atoms with Gasteiger partial charge in [-0.2, -0.15) is 5.26 Å². The maximum atomic E-state index is 10.0. The first-order valence-electron chi connectivity index (χ1n) is 11.1. The number of aryl methyl sites for hydroxylation is 1. The van der Waals surface area contributed by atoms with E-state index in [-0.39, 0.29) is 31.6 Å². The molecule has 35 heavy (non-hydrogen) atoms. The number of nitriles is 1. The van der Waals surface area contributed by atoms with E-state index in [0.29, 0.717) is 5.56 Å². The van der Waals surface area contributed by atoms with E-state index < -0.39 is 8.07 Å². The van der Waals surface area contributed by atoms with Gasteiger partial charge in [0.15, 0.2) is 5.78 Å². The molecule has 4 nitrogen and oxygen atoms in total. The zero-order chi connectivity index (χ0) is 25.0. The zero-order valence-electron chi connectivity index (χ0n) is 20.9. The molecule has 0 aliphatic rings. The molecule has 0 saturated heterocycles. The first-order valence-corrected chi connectivity index (χ1v) is 14.6. The molecule has 0 aliphatic carbocycles. The number of hydrogen-bond donors (Lipinski definition) is 1. The van der Waals surface area contributed by atoms with Crippen molar-refractivity contribution >= 4 is 40.6 Å². The van der Waals surface area contributed by atoms with Gasteiger partial charge in [0.05, 0.1) is 19.9 Å². The molecule has 181 valence electrons. The van der Waals surface area contributed by atoms with Crippen LogP contribution in [0.2, 0.25) is 19.6 Å². The molecular formula is C29H29IrN2O2Si-. The summed E-state index contributed by atoms with van der Waals surface area (Å²) >= 11 is 0. The van der Waals surface area contributed by atoms with Crippen molar-refractivity contribution in [2.75, 3.05) is 0 Å². The Balaban J connectivity index is 0.000000476. The molecule has 0 bridgehead atoms. The van der Waals surface area contributed by atoms with Crippen LogP contribution in [-0.2, 0) is 24.9 Å². The van der Waals surface area contributed by atoms with Gasteiger partial charge in [0.25, 0.3) is 0 Å². The molecule has 0 atom stereocenters. The molecule has 6 heteroatoms. The minimum atomic E-state index is -1.53. The number of fused-ring (bicyclic) bond motifs is 2. The van der Waals surface area contributed by atoms with Gasteiger partial charge in [0.1, 0.15) is 0 Å². The number of rotatable bonds is 3. The number of ketones is 1. The summed E-state index contributed by atoms with van der Waals surface area (Å²) in [7, 11) is -1.53. The molecule has 0 fully saturated rings. The van der Waals surface area contributed by atoms with Crippen molar-refractivity contribution in [1.29, 1.82) is 5.26 Å². The summed E-state index contributed by atoms with van der Waals surface area (Å²) in [6, 6.07) is 22.2. The number of aromatic nitrogens is 1. The van der Waals surface area contributed by atoms with Crippen LogP contribution in [0.25, 0.3) is 32.8 Å². The van der Waals surface area contributed by atoms with Crippen LogP contribution in [0, 0.1) is 24.3 Å². The van der Waals surface area contributed by atoms with Crippen LogP contribution in [0.1, 0.15) is 25.0 Å². The maximum Gasteiger partial charge on any atom is 0.155 e. The average molecular weight is 658 g/mol. The minimum absolute atomic E-state index is 0. The largest absolute Gasteiger partial charge is 0.512 e. The van der Waals surface area contributed by atoms with Gasteiger partial charge in [-0.15, -0.1) is 23.6 Å². The number of carbonyl (C=O) groups is 1. The molecule has 4 aromatic rings. The van der Waals surface area contributed by atoms with E-state index in [2.05, 4.69) is 56.9 Å². The number of carbonyl (C=O) groups excluding carboxylic acids is 1. The predicted molar refractivity (Wildman–Crippen MR) is 143 cm³/mol. The Bertz CT molecular complexity index is 1460. The van der Waals surface area contributed by atoms with Crippen molar-refractivity contribution in [3.8, 4) is 17.3 Å². The Labute approximate surface area is 221 Å². The molecule has 1 N–H and O–H groups in total. The molecule has 1 aromatic heterocycles. The number of aliphatic hydroxyl groups is 1. The Morgan fingerprint density at radius 2 is 1.74 bits per heavy atom. The molecule has 0 aliphatic heterocycles. The maximum absolute atomic E-state index is 10.0. The molecule has 0 amide bonds. The van der Waals surface area contributed by atoms with Crippen LogP contribution < -0.4 is 5.19 Å². The third-order valence-electron chi connectivity index (χ3n) is 5.41. The fourth-order valence-electron chi connectivity index (χ4n) is 3.91. The standard InChI is InChI=1S/C24H21N2Si.C5H8O2.Ir/c1-16-9-10-21-22(11-16)23(27(2,3)4)15-26-24(21)18-12-17-7-5-6-8-20(17)19(13-18)14-25;1-4(6)3-5(2)7;/h5-11,13,15H,1-4H3;3,6H,1-2H3;/q-1;;/b;4-3-;. The van der Waals surface area contributed by atoms with Gasteiger partial charge in [-0.1, -0.05) is 72.6 Å². The van der Waals surface area contributed by atoms with Crippen LogP contribution in [0.5, 0.6) is 0 Å². The number of aliphatic hydroxyl groups excluding tert-OH is 1. The summed E-state index contributed by atoms with van der Waals surface area (Å²) in [5.41, 5.74) is 3.69.